The van der Waals surface area contributed by atoms with Crippen molar-refractivity contribution < 1.29 is 40.7 Å². The van der Waals surface area contributed by atoms with Crippen LogP contribution >= 0.6 is 0 Å². The van der Waals surface area contributed by atoms with Gasteiger partial charge in [0.25, 0.3) is 0 Å². The summed E-state index contributed by atoms with van der Waals surface area (Å²) in [4.78, 5) is 39.5. The van der Waals surface area contributed by atoms with Crippen LogP contribution in [0, 0.1) is 11.8 Å². The smallest absolute Gasteiger partial charge is 0.274 e. The molecule has 0 N–H and O–H groups in total. The van der Waals surface area contributed by atoms with E-state index in [-0.39, 0.29) is 23.6 Å². The third kappa shape index (κ3) is 4.21. The number of barbiturate groups is 1. The monoisotopic (exact) mass is 462 g/mol. The molecule has 0 aromatic heterocycles. The second-order valence-electron chi connectivity index (χ2n) is 8.67. The second-order valence-corrected chi connectivity index (χ2v) is 8.67. The van der Waals surface area contributed by atoms with Gasteiger partial charge in [-0.05, 0) is 61.3 Å². The Balaban J connectivity index is 1.54. The lowest BCUT2D eigenvalue weighted by Crippen LogP contribution is -2.59. The maximum Gasteiger partial charge on any atom is 0.416 e. The van der Waals surface area contributed by atoms with Crippen molar-refractivity contribution in [2.24, 2.45) is 11.8 Å². The van der Waals surface area contributed by atoms with Crippen LogP contribution in [0.15, 0.2) is 18.2 Å². The van der Waals surface area contributed by atoms with Gasteiger partial charge in [0, 0.05) is 12.6 Å². The Morgan fingerprint density at radius 1 is 0.844 bits per heavy atom. The fraction of sp³-hybridized carbons (Fsp3) is 0.571. The molecule has 1 aliphatic heterocycles. The van der Waals surface area contributed by atoms with Crippen molar-refractivity contribution in [2.45, 2.75) is 56.9 Å². The van der Waals surface area contributed by atoms with Crippen LogP contribution in [-0.2, 0) is 28.4 Å². The molecule has 2 saturated carbocycles. The van der Waals surface area contributed by atoms with Gasteiger partial charge < -0.3 is 0 Å². The van der Waals surface area contributed by atoms with Crippen molar-refractivity contribution in [1.29, 1.82) is 0 Å². The molecule has 5 nitrogen and oxygen atoms in total. The number of rotatable bonds is 4. The Bertz CT molecular complexity index is 926. The molecule has 3 aliphatic rings. The van der Waals surface area contributed by atoms with Gasteiger partial charge >= 0.3 is 18.4 Å². The Labute approximate surface area is 179 Å². The van der Waals surface area contributed by atoms with Gasteiger partial charge in [-0.2, -0.15) is 26.3 Å². The van der Waals surface area contributed by atoms with Gasteiger partial charge in [-0.1, -0.05) is 6.42 Å². The SMILES string of the molecule is O=C1CC(=O)N(C2CC3CCC2C3)C(=O)N1CCc1cc(C(F)(F)F)cc(C(F)(F)F)c1. The lowest BCUT2D eigenvalue weighted by Gasteiger charge is -2.39. The van der Waals surface area contributed by atoms with Crippen molar-refractivity contribution in [3.05, 3.63) is 34.9 Å². The number of halogens is 6. The third-order valence-electron chi connectivity index (χ3n) is 6.61. The van der Waals surface area contributed by atoms with Crippen LogP contribution in [0.5, 0.6) is 0 Å². The minimum atomic E-state index is -4.99. The number of alkyl halides is 6. The summed E-state index contributed by atoms with van der Waals surface area (Å²) in [5.74, 6) is -0.821. The van der Waals surface area contributed by atoms with Gasteiger partial charge in [0.1, 0.15) is 6.42 Å². The maximum absolute atomic E-state index is 13.1. The van der Waals surface area contributed by atoms with Gasteiger partial charge in [-0.3, -0.25) is 19.4 Å². The molecule has 1 saturated heterocycles. The minimum Gasteiger partial charge on any atom is -0.274 e. The summed E-state index contributed by atoms with van der Waals surface area (Å²) in [5, 5.41) is 0. The highest BCUT2D eigenvalue weighted by Gasteiger charge is 2.49. The van der Waals surface area contributed by atoms with Crippen LogP contribution in [0.4, 0.5) is 31.1 Å². The zero-order chi connectivity index (χ0) is 23.4. The molecule has 32 heavy (non-hydrogen) atoms. The average molecular weight is 462 g/mol. The summed E-state index contributed by atoms with van der Waals surface area (Å²) in [6.07, 6.45) is -7.45. The number of nitrogens with zero attached hydrogens (tertiary/aromatic N) is 2. The van der Waals surface area contributed by atoms with Crippen molar-refractivity contribution >= 4 is 17.8 Å². The summed E-state index contributed by atoms with van der Waals surface area (Å²) in [6.45, 7) is -0.416. The van der Waals surface area contributed by atoms with Crippen LogP contribution in [0.1, 0.15) is 48.8 Å². The standard InChI is InChI=1S/C21H20F6N2O3/c22-20(23,24)14-6-12(7-15(9-14)21(25,26)27)3-4-28-17(30)10-18(31)29(19(28)32)16-8-11-1-2-13(16)5-11/h6-7,9,11,13,16H,1-5,8,10H2. The van der Waals surface area contributed by atoms with Crippen molar-refractivity contribution in [3.63, 3.8) is 0 Å². The molecule has 11 heteroatoms. The first-order chi connectivity index (χ1) is 14.8. The summed E-state index contributed by atoms with van der Waals surface area (Å²) in [7, 11) is 0. The van der Waals surface area contributed by atoms with E-state index >= 15 is 0 Å². The highest BCUT2D eigenvalue weighted by Crippen LogP contribution is 2.47. The lowest BCUT2D eigenvalue weighted by molar-refractivity contribution is -0.146. The average Bonchev–Trinajstić information content (AvgIpc) is 3.29. The fourth-order valence-electron chi connectivity index (χ4n) is 5.13. The van der Waals surface area contributed by atoms with E-state index < -0.39 is 60.7 Å². The molecular formula is C21H20F6N2O3. The van der Waals surface area contributed by atoms with Crippen molar-refractivity contribution in [3.8, 4) is 0 Å². The van der Waals surface area contributed by atoms with E-state index in [0.717, 1.165) is 29.1 Å². The number of benzene rings is 1. The molecule has 2 bridgehead atoms. The van der Waals surface area contributed by atoms with Gasteiger partial charge in [-0.15, -0.1) is 0 Å². The summed E-state index contributed by atoms with van der Waals surface area (Å²) < 4.78 is 78.4. The quantitative estimate of drug-likeness (QED) is 0.484. The zero-order valence-electron chi connectivity index (χ0n) is 16.8. The Morgan fingerprint density at radius 3 is 1.97 bits per heavy atom. The summed E-state index contributed by atoms with van der Waals surface area (Å²) >= 11 is 0. The molecule has 4 rings (SSSR count). The molecule has 3 unspecified atom stereocenters. The molecule has 1 heterocycles. The van der Waals surface area contributed by atoms with E-state index in [9.17, 15) is 40.7 Å². The van der Waals surface area contributed by atoms with Crippen LogP contribution in [0.2, 0.25) is 0 Å². The predicted octanol–water partition coefficient (Wildman–Crippen LogP) is 4.64. The minimum absolute atomic E-state index is 0.0240. The van der Waals surface area contributed by atoms with Crippen LogP contribution in [0.25, 0.3) is 0 Å². The second kappa shape index (κ2) is 7.77. The topological polar surface area (TPSA) is 57.7 Å². The number of carbonyl (C=O) groups excluding carboxylic acids is 3. The highest BCUT2D eigenvalue weighted by atomic mass is 19.4. The maximum atomic E-state index is 13.1. The zero-order valence-corrected chi connectivity index (χ0v) is 16.8. The summed E-state index contributed by atoms with van der Waals surface area (Å²) in [5.41, 5.74) is -3.23. The Hall–Kier alpha value is -2.59. The number of hydrogen-bond donors (Lipinski definition) is 0. The number of hydrogen-bond acceptors (Lipinski definition) is 3. The lowest BCUT2D eigenvalue weighted by atomic mass is 9.93. The Kier molecular flexibility index (Phi) is 5.49. The molecular weight excluding hydrogens is 442 g/mol. The molecule has 1 aromatic rings. The number of amides is 4. The summed E-state index contributed by atoms with van der Waals surface area (Å²) in [6, 6.07) is 0.0255. The van der Waals surface area contributed by atoms with Gasteiger partial charge in [0.15, 0.2) is 0 Å². The normalized spacial score (nSPS) is 26.4. The van der Waals surface area contributed by atoms with Gasteiger partial charge in [0.05, 0.1) is 11.1 Å². The van der Waals surface area contributed by atoms with E-state index in [1.54, 1.807) is 0 Å². The largest absolute Gasteiger partial charge is 0.416 e. The first-order valence-electron chi connectivity index (χ1n) is 10.3. The molecule has 1 aromatic carbocycles. The first-order valence-corrected chi connectivity index (χ1v) is 10.3. The predicted molar refractivity (Wildman–Crippen MR) is 98.0 cm³/mol. The highest BCUT2D eigenvalue weighted by molar-refractivity contribution is 6.14. The van der Waals surface area contributed by atoms with E-state index in [1.807, 2.05) is 0 Å². The molecule has 0 spiro atoms. The fourth-order valence-corrected chi connectivity index (χ4v) is 5.13. The number of urea groups is 1. The number of imide groups is 2. The van der Waals surface area contributed by atoms with Crippen LogP contribution in [0.3, 0.4) is 0 Å². The molecule has 4 amide bonds. The Morgan fingerprint density at radius 2 is 1.47 bits per heavy atom. The van der Waals surface area contributed by atoms with Gasteiger partial charge in [-0.25, -0.2) is 4.79 Å². The molecule has 0 radical (unpaired) electrons. The molecule has 2 aliphatic carbocycles. The third-order valence-corrected chi connectivity index (χ3v) is 6.61. The molecule has 174 valence electrons. The molecule has 3 atom stereocenters. The number of fused-ring (bicyclic) bond motifs is 2. The van der Waals surface area contributed by atoms with Crippen LogP contribution in [-0.4, -0.2) is 40.2 Å². The van der Waals surface area contributed by atoms with Crippen molar-refractivity contribution in [2.75, 3.05) is 6.54 Å². The van der Waals surface area contributed by atoms with Crippen LogP contribution < -0.4 is 0 Å². The first kappa shape index (κ1) is 22.6. The molecule has 3 fully saturated rings. The van der Waals surface area contributed by atoms with E-state index in [4.69, 9.17) is 0 Å². The van der Waals surface area contributed by atoms with E-state index in [0.29, 0.717) is 24.5 Å². The van der Waals surface area contributed by atoms with Gasteiger partial charge in [0.2, 0.25) is 11.8 Å². The van der Waals surface area contributed by atoms with E-state index in [1.165, 1.54) is 0 Å². The number of carbonyl (C=O) groups is 3. The van der Waals surface area contributed by atoms with E-state index in [2.05, 4.69) is 0 Å². The van der Waals surface area contributed by atoms with Crippen molar-refractivity contribution in [1.82, 2.24) is 9.80 Å².